The van der Waals surface area contributed by atoms with Crippen molar-refractivity contribution in [2.24, 2.45) is 5.14 Å². The maximum Gasteiger partial charge on any atom is 0.306 e. The van der Waals surface area contributed by atoms with Gasteiger partial charge in [0, 0.05) is 6.54 Å². The van der Waals surface area contributed by atoms with Gasteiger partial charge in [-0.3, -0.25) is 4.79 Å². The number of hydrogen-bond acceptors (Lipinski definition) is 5. The Bertz CT molecular complexity index is 511. The van der Waals surface area contributed by atoms with E-state index in [1.54, 1.807) is 12.1 Å². The number of nitrogens with two attached hydrogens (primary N) is 1. The molecule has 0 bridgehead atoms. The number of carbonyl (C=O) groups excluding carboxylic acids is 1. The smallest absolute Gasteiger partial charge is 0.306 e. The molecule has 0 saturated carbocycles. The third kappa shape index (κ3) is 5.82. The number of ether oxygens (including phenoxy) is 1. The van der Waals surface area contributed by atoms with Crippen molar-refractivity contribution in [2.45, 2.75) is 17.7 Å². The van der Waals surface area contributed by atoms with Gasteiger partial charge >= 0.3 is 5.97 Å². The van der Waals surface area contributed by atoms with Gasteiger partial charge in [0.2, 0.25) is 10.0 Å². The normalized spacial score (nSPS) is 11.3. The minimum Gasteiger partial charge on any atom is -0.469 e. The van der Waals surface area contributed by atoms with E-state index >= 15 is 0 Å². The number of primary sulfonamides is 1. The second-order valence-corrected chi connectivity index (χ2v) is 5.58. The molecule has 0 aliphatic rings. The first-order valence-corrected chi connectivity index (χ1v) is 7.37. The Labute approximate surface area is 113 Å². The summed E-state index contributed by atoms with van der Waals surface area (Å²) >= 11 is 0. The van der Waals surface area contributed by atoms with E-state index in [0.29, 0.717) is 19.5 Å². The molecule has 0 aromatic heterocycles. The lowest BCUT2D eigenvalue weighted by Gasteiger charge is -2.05. The van der Waals surface area contributed by atoms with Gasteiger partial charge < -0.3 is 10.1 Å². The van der Waals surface area contributed by atoms with Crippen molar-refractivity contribution < 1.29 is 17.9 Å². The van der Waals surface area contributed by atoms with Crippen LogP contribution in [-0.4, -0.2) is 34.6 Å². The molecule has 3 N–H and O–H groups in total. The molecule has 1 aromatic rings. The highest BCUT2D eigenvalue weighted by atomic mass is 32.2. The molecule has 0 heterocycles. The van der Waals surface area contributed by atoms with Crippen LogP contribution in [0.3, 0.4) is 0 Å². The predicted octanol–water partition coefficient (Wildman–Crippen LogP) is 0.0292. The lowest BCUT2D eigenvalue weighted by molar-refractivity contribution is -0.140. The van der Waals surface area contributed by atoms with E-state index in [0.717, 1.165) is 12.0 Å². The minimum atomic E-state index is -3.63. The highest BCUT2D eigenvalue weighted by molar-refractivity contribution is 7.89. The van der Waals surface area contributed by atoms with E-state index in [9.17, 15) is 13.2 Å². The van der Waals surface area contributed by atoms with Crippen molar-refractivity contribution in [1.29, 1.82) is 0 Å². The van der Waals surface area contributed by atoms with Crippen LogP contribution in [0.15, 0.2) is 29.2 Å². The molecule has 19 heavy (non-hydrogen) atoms. The predicted molar refractivity (Wildman–Crippen MR) is 71.0 cm³/mol. The van der Waals surface area contributed by atoms with Gasteiger partial charge in [0.05, 0.1) is 18.4 Å². The van der Waals surface area contributed by atoms with E-state index in [1.807, 2.05) is 0 Å². The lowest BCUT2D eigenvalue weighted by atomic mass is 10.1. The summed E-state index contributed by atoms with van der Waals surface area (Å²) in [5, 5.41) is 8.10. The molecule has 0 aliphatic carbocycles. The minimum absolute atomic E-state index is 0.106. The number of nitrogens with one attached hydrogen (secondary N) is 1. The summed E-state index contributed by atoms with van der Waals surface area (Å²) in [5.74, 6) is -0.245. The van der Waals surface area contributed by atoms with Gasteiger partial charge in [-0.25, -0.2) is 13.6 Å². The third-order valence-corrected chi connectivity index (χ3v) is 3.51. The lowest BCUT2D eigenvalue weighted by Crippen LogP contribution is -2.21. The summed E-state index contributed by atoms with van der Waals surface area (Å²) in [4.78, 5) is 11.0. The number of esters is 1. The van der Waals surface area contributed by atoms with Gasteiger partial charge in [-0.05, 0) is 30.7 Å². The van der Waals surface area contributed by atoms with Crippen LogP contribution in [0.25, 0.3) is 0 Å². The Hall–Kier alpha value is -1.44. The number of hydrogen-bond donors (Lipinski definition) is 2. The maximum atomic E-state index is 11.1. The quantitative estimate of drug-likeness (QED) is 0.544. The number of methoxy groups -OCH3 is 1. The van der Waals surface area contributed by atoms with Gasteiger partial charge in [-0.1, -0.05) is 12.1 Å². The topological polar surface area (TPSA) is 98.5 Å². The molecule has 1 rings (SSSR count). The van der Waals surface area contributed by atoms with Crippen LogP contribution in [-0.2, 0) is 26.0 Å². The van der Waals surface area contributed by atoms with E-state index in [1.165, 1.54) is 19.2 Å². The number of sulfonamides is 1. The average Bonchev–Trinajstić information content (AvgIpc) is 2.37. The molecule has 7 heteroatoms. The Morgan fingerprint density at radius 2 is 1.89 bits per heavy atom. The van der Waals surface area contributed by atoms with E-state index < -0.39 is 10.0 Å². The molecule has 0 fully saturated rings. The fourth-order valence-electron chi connectivity index (χ4n) is 1.50. The standard InChI is InChI=1S/C12H18N2O4S/c1-18-12(15)7-9-14-8-6-10-2-4-11(5-3-10)19(13,16)17/h2-5,14H,6-9H2,1H3,(H2,13,16,17). The maximum absolute atomic E-state index is 11.1. The molecule has 0 atom stereocenters. The highest BCUT2D eigenvalue weighted by Crippen LogP contribution is 2.08. The molecule has 0 unspecified atom stereocenters. The summed E-state index contributed by atoms with van der Waals surface area (Å²) in [6, 6.07) is 6.42. The van der Waals surface area contributed by atoms with Crippen molar-refractivity contribution in [2.75, 3.05) is 20.2 Å². The summed E-state index contributed by atoms with van der Waals surface area (Å²) in [6.07, 6.45) is 1.08. The first-order chi connectivity index (χ1) is 8.93. The Morgan fingerprint density at radius 3 is 2.42 bits per heavy atom. The van der Waals surface area contributed by atoms with E-state index in [4.69, 9.17) is 5.14 Å². The van der Waals surface area contributed by atoms with Crippen LogP contribution >= 0.6 is 0 Å². The molecule has 1 aromatic carbocycles. The number of benzene rings is 1. The molecule has 0 amide bonds. The van der Waals surface area contributed by atoms with Gasteiger partial charge in [-0.15, -0.1) is 0 Å². The monoisotopic (exact) mass is 286 g/mol. The van der Waals surface area contributed by atoms with Gasteiger partial charge in [-0.2, -0.15) is 0 Å². The Kier molecular flexibility index (Phi) is 5.94. The van der Waals surface area contributed by atoms with Crippen LogP contribution < -0.4 is 10.5 Å². The van der Waals surface area contributed by atoms with E-state index in [2.05, 4.69) is 10.1 Å². The summed E-state index contributed by atoms with van der Waals surface area (Å²) in [7, 11) is -2.27. The molecular formula is C12H18N2O4S. The molecule has 0 radical (unpaired) electrons. The van der Waals surface area contributed by atoms with Crippen molar-refractivity contribution in [3.05, 3.63) is 29.8 Å². The molecule has 0 aliphatic heterocycles. The number of rotatable bonds is 7. The summed E-state index contributed by atoms with van der Waals surface area (Å²) in [5.41, 5.74) is 0.998. The second-order valence-electron chi connectivity index (χ2n) is 4.02. The Morgan fingerprint density at radius 1 is 1.26 bits per heavy atom. The largest absolute Gasteiger partial charge is 0.469 e. The van der Waals surface area contributed by atoms with Gasteiger partial charge in [0.15, 0.2) is 0 Å². The SMILES string of the molecule is COC(=O)CCNCCc1ccc(S(N)(=O)=O)cc1. The van der Waals surface area contributed by atoms with Crippen LogP contribution in [0.5, 0.6) is 0 Å². The molecule has 6 nitrogen and oxygen atoms in total. The highest BCUT2D eigenvalue weighted by Gasteiger charge is 2.06. The average molecular weight is 286 g/mol. The zero-order valence-electron chi connectivity index (χ0n) is 10.8. The fraction of sp³-hybridized carbons (Fsp3) is 0.417. The van der Waals surface area contributed by atoms with Crippen molar-refractivity contribution in [3.63, 3.8) is 0 Å². The molecule has 106 valence electrons. The summed E-state index contributed by atoms with van der Waals surface area (Å²) in [6.45, 7) is 1.26. The van der Waals surface area contributed by atoms with Crippen molar-refractivity contribution in [3.8, 4) is 0 Å². The molecule has 0 saturated heterocycles. The fourth-order valence-corrected chi connectivity index (χ4v) is 2.01. The second kappa shape index (κ2) is 7.22. The number of carbonyl (C=O) groups is 1. The van der Waals surface area contributed by atoms with Crippen molar-refractivity contribution >= 4 is 16.0 Å². The van der Waals surface area contributed by atoms with Crippen LogP contribution in [0, 0.1) is 0 Å². The third-order valence-electron chi connectivity index (χ3n) is 2.58. The van der Waals surface area contributed by atoms with Crippen LogP contribution in [0.2, 0.25) is 0 Å². The van der Waals surface area contributed by atoms with Crippen LogP contribution in [0.1, 0.15) is 12.0 Å². The van der Waals surface area contributed by atoms with E-state index in [-0.39, 0.29) is 10.9 Å². The van der Waals surface area contributed by atoms with Gasteiger partial charge in [0.25, 0.3) is 0 Å². The summed E-state index contributed by atoms with van der Waals surface area (Å²) < 4.78 is 26.6. The van der Waals surface area contributed by atoms with Gasteiger partial charge in [0.1, 0.15) is 0 Å². The molecular weight excluding hydrogens is 268 g/mol. The molecule has 0 spiro atoms. The Balaban J connectivity index is 2.33. The van der Waals surface area contributed by atoms with Crippen LogP contribution in [0.4, 0.5) is 0 Å². The first kappa shape index (κ1) is 15.6. The zero-order valence-corrected chi connectivity index (χ0v) is 11.6. The first-order valence-electron chi connectivity index (χ1n) is 5.83. The zero-order chi connectivity index (χ0) is 14.3. The van der Waals surface area contributed by atoms with Crippen molar-refractivity contribution in [1.82, 2.24) is 5.32 Å².